The van der Waals surface area contributed by atoms with E-state index in [-0.39, 0.29) is 11.6 Å². The van der Waals surface area contributed by atoms with Crippen LogP contribution in [-0.4, -0.2) is 11.0 Å². The Labute approximate surface area is 131 Å². The highest BCUT2D eigenvalue weighted by atomic mass is 19.4. The summed E-state index contributed by atoms with van der Waals surface area (Å²) in [5, 5.41) is 11.4. The van der Waals surface area contributed by atoms with Gasteiger partial charge in [0.1, 0.15) is 5.75 Å². The fourth-order valence-corrected chi connectivity index (χ4v) is 1.83. The Bertz CT molecular complexity index is 735. The maximum absolute atomic E-state index is 12.7. The molecule has 0 spiro atoms. The van der Waals surface area contributed by atoms with Crippen molar-refractivity contribution in [2.45, 2.75) is 12.4 Å². The number of aromatic hydroxyl groups is 1. The zero-order valence-corrected chi connectivity index (χ0v) is 11.6. The van der Waals surface area contributed by atoms with Gasteiger partial charge in [0.25, 0.3) is 5.91 Å². The number of hydrogen-bond donors (Lipinski definition) is 2. The number of carbonyl (C=O) groups is 1. The number of hydrogen-bond acceptors (Lipinski definition) is 2. The lowest BCUT2D eigenvalue weighted by Gasteiger charge is -2.15. The van der Waals surface area contributed by atoms with Gasteiger partial charge in [-0.3, -0.25) is 4.79 Å². The first-order valence-corrected chi connectivity index (χ1v) is 6.28. The molecule has 0 aliphatic rings. The van der Waals surface area contributed by atoms with E-state index < -0.39 is 40.8 Å². The molecule has 0 aliphatic carbocycles. The summed E-state index contributed by atoms with van der Waals surface area (Å²) in [6.07, 6.45) is -10.0. The number of alkyl halides is 6. The lowest BCUT2D eigenvalue weighted by Crippen LogP contribution is -2.16. The van der Waals surface area contributed by atoms with Crippen molar-refractivity contribution in [3.8, 4) is 5.75 Å². The summed E-state index contributed by atoms with van der Waals surface area (Å²) in [5.74, 6) is -1.56. The molecule has 0 saturated heterocycles. The highest BCUT2D eigenvalue weighted by Crippen LogP contribution is 2.37. The van der Waals surface area contributed by atoms with E-state index in [1.807, 2.05) is 5.32 Å². The van der Waals surface area contributed by atoms with Crippen molar-refractivity contribution in [3.63, 3.8) is 0 Å². The van der Waals surface area contributed by atoms with E-state index >= 15 is 0 Å². The smallest absolute Gasteiger partial charge is 0.416 e. The van der Waals surface area contributed by atoms with Gasteiger partial charge in [-0.1, -0.05) is 6.07 Å². The van der Waals surface area contributed by atoms with Crippen LogP contribution in [0.25, 0.3) is 0 Å². The summed E-state index contributed by atoms with van der Waals surface area (Å²) in [6.45, 7) is 0. The Morgan fingerprint density at radius 3 is 2.00 bits per heavy atom. The zero-order valence-electron chi connectivity index (χ0n) is 11.6. The SMILES string of the molecule is O=C(Nc1cc(C(F)(F)F)cc(C(F)(F)F)c1)c1c[c]ccc1O. The number of amides is 1. The fourth-order valence-electron chi connectivity index (χ4n) is 1.83. The molecule has 24 heavy (non-hydrogen) atoms. The Kier molecular flexibility index (Phi) is 4.46. The topological polar surface area (TPSA) is 49.3 Å². The lowest BCUT2D eigenvalue weighted by molar-refractivity contribution is -0.143. The van der Waals surface area contributed by atoms with Gasteiger partial charge >= 0.3 is 12.4 Å². The number of benzene rings is 2. The van der Waals surface area contributed by atoms with Crippen LogP contribution >= 0.6 is 0 Å². The van der Waals surface area contributed by atoms with Crippen LogP contribution in [0.3, 0.4) is 0 Å². The van der Waals surface area contributed by atoms with Crippen LogP contribution in [0.4, 0.5) is 32.0 Å². The number of carbonyl (C=O) groups excluding carboxylic acids is 1. The molecule has 127 valence electrons. The molecule has 3 nitrogen and oxygen atoms in total. The second-order valence-electron chi connectivity index (χ2n) is 4.69. The Balaban J connectivity index is 2.43. The van der Waals surface area contributed by atoms with Crippen LogP contribution in [0.15, 0.2) is 36.4 Å². The Morgan fingerprint density at radius 2 is 1.54 bits per heavy atom. The molecule has 0 aromatic heterocycles. The first-order chi connectivity index (χ1) is 11.0. The minimum atomic E-state index is -5.02. The molecule has 2 rings (SSSR count). The molecule has 2 aromatic carbocycles. The monoisotopic (exact) mass is 348 g/mol. The molecule has 9 heteroatoms. The van der Waals surface area contributed by atoms with Crippen molar-refractivity contribution in [2.24, 2.45) is 0 Å². The van der Waals surface area contributed by atoms with Gasteiger partial charge in [-0.05, 0) is 36.4 Å². The molecule has 0 bridgehead atoms. The van der Waals surface area contributed by atoms with Crippen molar-refractivity contribution < 1.29 is 36.2 Å². The molecule has 0 fully saturated rings. The summed E-state index contributed by atoms with van der Waals surface area (Å²) in [5.41, 5.74) is -4.16. The molecule has 0 aliphatic heterocycles. The van der Waals surface area contributed by atoms with Crippen molar-refractivity contribution in [1.29, 1.82) is 0 Å². The average Bonchev–Trinajstić information content (AvgIpc) is 2.45. The Morgan fingerprint density at radius 1 is 1.00 bits per heavy atom. The maximum atomic E-state index is 12.7. The Hall–Kier alpha value is -2.71. The van der Waals surface area contributed by atoms with Crippen LogP contribution in [0.2, 0.25) is 0 Å². The number of nitrogens with one attached hydrogen (secondary N) is 1. The van der Waals surface area contributed by atoms with E-state index in [4.69, 9.17) is 0 Å². The van der Waals surface area contributed by atoms with Gasteiger partial charge in [-0.25, -0.2) is 0 Å². The van der Waals surface area contributed by atoms with Gasteiger partial charge in [0.05, 0.1) is 16.7 Å². The van der Waals surface area contributed by atoms with E-state index in [1.54, 1.807) is 0 Å². The van der Waals surface area contributed by atoms with Crippen LogP contribution in [0.5, 0.6) is 5.75 Å². The average molecular weight is 348 g/mol. The number of phenols is 1. The fraction of sp³-hybridized carbons (Fsp3) is 0.133. The van der Waals surface area contributed by atoms with E-state index in [9.17, 15) is 36.2 Å². The molecule has 0 heterocycles. The van der Waals surface area contributed by atoms with E-state index in [0.29, 0.717) is 12.1 Å². The number of anilines is 1. The summed E-state index contributed by atoms with van der Waals surface area (Å²) in [4.78, 5) is 11.9. The van der Waals surface area contributed by atoms with Crippen LogP contribution in [0, 0.1) is 6.07 Å². The molecule has 1 amide bonds. The molecule has 2 aromatic rings. The van der Waals surface area contributed by atoms with Gasteiger partial charge in [-0.15, -0.1) is 0 Å². The highest BCUT2D eigenvalue weighted by molar-refractivity contribution is 6.06. The highest BCUT2D eigenvalue weighted by Gasteiger charge is 2.37. The third-order valence-electron chi connectivity index (χ3n) is 2.93. The predicted octanol–water partition coefficient (Wildman–Crippen LogP) is 4.48. The third kappa shape index (κ3) is 3.98. The number of rotatable bonds is 2. The predicted molar refractivity (Wildman–Crippen MR) is 71.3 cm³/mol. The second kappa shape index (κ2) is 6.06. The van der Waals surface area contributed by atoms with Crippen molar-refractivity contribution in [3.05, 3.63) is 59.2 Å². The van der Waals surface area contributed by atoms with Crippen molar-refractivity contribution in [2.75, 3.05) is 5.32 Å². The maximum Gasteiger partial charge on any atom is 0.416 e. The first kappa shape index (κ1) is 17.6. The summed E-state index contributed by atoms with van der Waals surface area (Å²) in [7, 11) is 0. The summed E-state index contributed by atoms with van der Waals surface area (Å²) < 4.78 is 76.4. The summed E-state index contributed by atoms with van der Waals surface area (Å²) >= 11 is 0. The van der Waals surface area contributed by atoms with Gasteiger partial charge < -0.3 is 10.4 Å². The van der Waals surface area contributed by atoms with Crippen LogP contribution in [-0.2, 0) is 12.4 Å². The normalized spacial score (nSPS) is 12.1. The van der Waals surface area contributed by atoms with Gasteiger partial charge in [0.2, 0.25) is 0 Å². The molecule has 0 unspecified atom stereocenters. The molecular formula is C15H8F6NO2. The first-order valence-electron chi connectivity index (χ1n) is 6.28. The van der Waals surface area contributed by atoms with Crippen molar-refractivity contribution in [1.82, 2.24) is 0 Å². The van der Waals surface area contributed by atoms with Gasteiger partial charge in [-0.2, -0.15) is 26.3 Å². The standard InChI is InChI=1S/C15H8F6NO2/c16-14(17,18)8-5-9(15(19,20)21)7-10(6-8)22-13(24)11-3-1-2-4-12(11)23/h2-7,23H,(H,22,24). The second-order valence-corrected chi connectivity index (χ2v) is 4.69. The number of halogens is 6. The number of phenolic OH excluding ortho intramolecular Hbond substituents is 1. The van der Waals surface area contributed by atoms with E-state index in [2.05, 4.69) is 6.07 Å². The van der Waals surface area contributed by atoms with E-state index in [1.165, 1.54) is 6.07 Å². The van der Waals surface area contributed by atoms with Gasteiger partial charge in [0, 0.05) is 5.69 Å². The molecule has 0 atom stereocenters. The van der Waals surface area contributed by atoms with Crippen molar-refractivity contribution >= 4 is 11.6 Å². The minimum absolute atomic E-state index is 0.0522. The quantitative estimate of drug-likeness (QED) is 0.786. The molecular weight excluding hydrogens is 340 g/mol. The van der Waals surface area contributed by atoms with Crippen LogP contribution in [0.1, 0.15) is 21.5 Å². The largest absolute Gasteiger partial charge is 0.507 e. The van der Waals surface area contributed by atoms with E-state index in [0.717, 1.165) is 12.1 Å². The molecule has 0 saturated carbocycles. The van der Waals surface area contributed by atoms with Gasteiger partial charge in [0.15, 0.2) is 0 Å². The molecule has 1 radical (unpaired) electrons. The lowest BCUT2D eigenvalue weighted by atomic mass is 10.1. The minimum Gasteiger partial charge on any atom is -0.507 e. The zero-order chi connectivity index (χ0) is 18.1. The van der Waals surface area contributed by atoms with Crippen LogP contribution < -0.4 is 5.32 Å². The molecule has 2 N–H and O–H groups in total. The summed E-state index contributed by atoms with van der Waals surface area (Å²) in [6, 6.07) is 6.57. The third-order valence-corrected chi connectivity index (χ3v) is 2.93.